The molecule has 0 saturated carbocycles. The van der Waals surface area contributed by atoms with Crippen molar-refractivity contribution in [3.8, 4) is 12.3 Å². The van der Waals surface area contributed by atoms with Gasteiger partial charge in [0.2, 0.25) is 0 Å². The Bertz CT molecular complexity index is 555. The number of hydrogen-bond acceptors (Lipinski definition) is 4. The van der Waals surface area contributed by atoms with Gasteiger partial charge in [0.1, 0.15) is 0 Å². The largest absolute Gasteiger partial charge is 0.489 e. The number of terminal acetylenes is 1. The summed E-state index contributed by atoms with van der Waals surface area (Å²) in [7, 11) is -0.786. The first kappa shape index (κ1) is 21.6. The van der Waals surface area contributed by atoms with Gasteiger partial charge in [-0.2, -0.15) is 0 Å². The summed E-state index contributed by atoms with van der Waals surface area (Å²) in [5, 5.41) is 0. The van der Waals surface area contributed by atoms with E-state index in [1.807, 2.05) is 5.98 Å². The van der Waals surface area contributed by atoms with Gasteiger partial charge in [-0.1, -0.05) is 5.98 Å². The van der Waals surface area contributed by atoms with E-state index in [1.165, 1.54) is 0 Å². The van der Waals surface area contributed by atoms with Crippen molar-refractivity contribution in [3.63, 3.8) is 0 Å². The molecule has 4 nitrogen and oxygen atoms in total. The normalized spacial score (nSPS) is 26.2. The van der Waals surface area contributed by atoms with Crippen LogP contribution in [0.2, 0.25) is 0 Å². The molecule has 0 aliphatic carbocycles. The lowest BCUT2D eigenvalue weighted by Crippen LogP contribution is -2.41. The fourth-order valence-electron chi connectivity index (χ4n) is 2.96. The highest BCUT2D eigenvalue weighted by molar-refractivity contribution is 6.60. The first-order chi connectivity index (χ1) is 11.8. The van der Waals surface area contributed by atoms with Crippen LogP contribution in [0.25, 0.3) is 0 Å². The molecule has 2 heterocycles. The van der Waals surface area contributed by atoms with Gasteiger partial charge in [0.05, 0.1) is 22.4 Å². The minimum atomic E-state index is -0.401. The van der Waals surface area contributed by atoms with E-state index in [2.05, 4.69) is 61.3 Å². The van der Waals surface area contributed by atoms with Crippen molar-refractivity contribution in [2.45, 2.75) is 103 Å². The van der Waals surface area contributed by atoms with E-state index in [-0.39, 0.29) is 29.5 Å². The Morgan fingerprint density at radius 3 is 1.73 bits per heavy atom. The summed E-state index contributed by atoms with van der Waals surface area (Å²) in [5.41, 5.74) is -0.395. The summed E-state index contributed by atoms with van der Waals surface area (Å²) in [6.07, 6.45) is 8.98. The summed E-state index contributed by atoms with van der Waals surface area (Å²) in [6, 6.07) is 0. The van der Waals surface area contributed by atoms with E-state index < -0.39 is 7.12 Å². The third kappa shape index (κ3) is 4.39. The zero-order valence-electron chi connectivity index (χ0n) is 17.8. The molecule has 2 rings (SSSR count). The van der Waals surface area contributed by atoms with Crippen LogP contribution >= 0.6 is 0 Å². The Labute approximate surface area is 160 Å². The van der Waals surface area contributed by atoms with Crippen LogP contribution in [0.1, 0.15) is 81.1 Å². The average Bonchev–Trinajstić information content (AvgIpc) is 2.81. The lowest BCUT2D eigenvalue weighted by Gasteiger charge is -2.32. The highest BCUT2D eigenvalue weighted by Gasteiger charge is 2.54. The smallest absolute Gasteiger partial charge is 0.400 e. The standard InChI is InChI=1S/C20H34B2O4/c1-10-11-12-13-14-16(22-25-19(6,7)20(8,9)26-22)15-21-23-17(2,3)18(4,5)24-21/h1,15H,11-14H2,2-9H3/b16-15-. The molecule has 2 fully saturated rings. The Hall–Kier alpha value is -0.730. The molecule has 0 atom stereocenters. The third-order valence-corrected chi connectivity index (χ3v) is 6.21. The summed E-state index contributed by atoms with van der Waals surface area (Å²) in [4.78, 5) is 0. The lowest BCUT2D eigenvalue weighted by molar-refractivity contribution is 0.00578. The minimum absolute atomic E-state index is 0.362. The predicted molar refractivity (Wildman–Crippen MR) is 108 cm³/mol. The molecule has 0 aromatic heterocycles. The van der Waals surface area contributed by atoms with Crippen molar-refractivity contribution >= 4 is 14.2 Å². The van der Waals surface area contributed by atoms with Crippen LogP contribution in [0.15, 0.2) is 11.4 Å². The summed E-state index contributed by atoms with van der Waals surface area (Å²) >= 11 is 0. The Morgan fingerprint density at radius 1 is 0.808 bits per heavy atom. The van der Waals surface area contributed by atoms with Crippen molar-refractivity contribution in [3.05, 3.63) is 11.4 Å². The zero-order valence-corrected chi connectivity index (χ0v) is 17.8. The third-order valence-electron chi connectivity index (χ3n) is 6.21. The van der Waals surface area contributed by atoms with Crippen LogP contribution < -0.4 is 0 Å². The van der Waals surface area contributed by atoms with Crippen LogP contribution in [0.3, 0.4) is 0 Å². The summed E-state index contributed by atoms with van der Waals surface area (Å²) in [5.74, 6) is 4.74. The molecule has 0 bridgehead atoms. The van der Waals surface area contributed by atoms with Crippen LogP contribution in [0, 0.1) is 12.3 Å². The van der Waals surface area contributed by atoms with Gasteiger partial charge in [-0.25, -0.2) is 0 Å². The van der Waals surface area contributed by atoms with Gasteiger partial charge in [-0.05, 0) is 80.1 Å². The molecule has 6 heteroatoms. The topological polar surface area (TPSA) is 36.9 Å². The fourth-order valence-corrected chi connectivity index (χ4v) is 2.96. The van der Waals surface area contributed by atoms with Crippen LogP contribution in [0.5, 0.6) is 0 Å². The second-order valence-corrected chi connectivity index (χ2v) is 9.37. The highest BCUT2D eigenvalue weighted by Crippen LogP contribution is 2.41. The van der Waals surface area contributed by atoms with Crippen LogP contribution in [-0.4, -0.2) is 36.6 Å². The first-order valence-electron chi connectivity index (χ1n) is 9.67. The molecule has 144 valence electrons. The number of allylic oxidation sites excluding steroid dienone is 1. The zero-order chi connectivity index (χ0) is 19.8. The molecular formula is C20H34B2O4. The van der Waals surface area contributed by atoms with Crippen molar-refractivity contribution in [2.75, 3.05) is 0 Å². The van der Waals surface area contributed by atoms with Gasteiger partial charge >= 0.3 is 14.2 Å². The summed E-state index contributed by atoms with van der Waals surface area (Å²) < 4.78 is 24.8. The maximum absolute atomic E-state index is 6.26. The number of hydrogen-bond donors (Lipinski definition) is 0. The van der Waals surface area contributed by atoms with Crippen LogP contribution in [0.4, 0.5) is 0 Å². The van der Waals surface area contributed by atoms with Gasteiger partial charge in [-0.15, -0.1) is 12.3 Å². The Kier molecular flexibility index (Phi) is 6.10. The van der Waals surface area contributed by atoms with E-state index in [0.717, 1.165) is 31.2 Å². The first-order valence-corrected chi connectivity index (χ1v) is 9.67. The van der Waals surface area contributed by atoms with E-state index in [9.17, 15) is 0 Å². The Balaban J connectivity index is 2.19. The van der Waals surface area contributed by atoms with E-state index >= 15 is 0 Å². The van der Waals surface area contributed by atoms with Crippen LogP contribution in [-0.2, 0) is 18.6 Å². The maximum Gasteiger partial charge on any atom is 0.489 e. The molecule has 0 amide bonds. The van der Waals surface area contributed by atoms with Gasteiger partial charge in [0.15, 0.2) is 0 Å². The maximum atomic E-state index is 6.26. The average molecular weight is 360 g/mol. The molecule has 0 aromatic carbocycles. The second kappa shape index (κ2) is 7.36. The molecular weight excluding hydrogens is 326 g/mol. The molecule has 2 saturated heterocycles. The quantitative estimate of drug-likeness (QED) is 0.401. The van der Waals surface area contributed by atoms with E-state index in [1.54, 1.807) is 0 Å². The molecule has 0 radical (unpaired) electrons. The fraction of sp³-hybridized carbons (Fsp3) is 0.800. The molecule has 0 spiro atoms. The summed E-state index contributed by atoms with van der Waals surface area (Å²) in [6.45, 7) is 16.5. The SMILES string of the molecule is C#CCCCC/C(=C/B1OC(C)(C)C(C)(C)O1)B1OC(C)(C)C(C)(C)O1. The highest BCUT2D eigenvalue weighted by atomic mass is 16.7. The second-order valence-electron chi connectivity index (χ2n) is 9.37. The molecule has 2 aliphatic rings. The van der Waals surface area contributed by atoms with Gasteiger partial charge in [-0.3, -0.25) is 0 Å². The number of unbranched alkanes of at least 4 members (excludes halogenated alkanes) is 2. The lowest BCUT2D eigenvalue weighted by atomic mass is 9.69. The monoisotopic (exact) mass is 360 g/mol. The Morgan fingerprint density at radius 2 is 1.27 bits per heavy atom. The van der Waals surface area contributed by atoms with Gasteiger partial charge in [0.25, 0.3) is 0 Å². The van der Waals surface area contributed by atoms with Crippen molar-refractivity contribution in [1.82, 2.24) is 0 Å². The number of rotatable bonds is 6. The molecule has 2 aliphatic heterocycles. The van der Waals surface area contributed by atoms with Crippen molar-refractivity contribution in [2.24, 2.45) is 0 Å². The van der Waals surface area contributed by atoms with Crippen molar-refractivity contribution in [1.29, 1.82) is 0 Å². The van der Waals surface area contributed by atoms with E-state index in [4.69, 9.17) is 25.0 Å². The van der Waals surface area contributed by atoms with Gasteiger partial charge in [0, 0.05) is 6.42 Å². The van der Waals surface area contributed by atoms with Gasteiger partial charge < -0.3 is 18.6 Å². The molecule has 0 unspecified atom stereocenters. The van der Waals surface area contributed by atoms with Crippen molar-refractivity contribution < 1.29 is 18.6 Å². The minimum Gasteiger partial charge on any atom is -0.400 e. The molecule has 0 aromatic rings. The van der Waals surface area contributed by atoms with E-state index in [0.29, 0.717) is 0 Å². The molecule has 26 heavy (non-hydrogen) atoms. The predicted octanol–water partition coefficient (Wildman–Crippen LogP) is 4.37. The molecule has 0 N–H and O–H groups in total.